The summed E-state index contributed by atoms with van der Waals surface area (Å²) in [4.78, 5) is 4.32. The van der Waals surface area contributed by atoms with Crippen molar-refractivity contribution in [2.24, 2.45) is 5.92 Å². The first kappa shape index (κ1) is 13.9. The van der Waals surface area contributed by atoms with E-state index in [2.05, 4.69) is 32.4 Å². The molecule has 1 aliphatic carbocycles. The predicted octanol–water partition coefficient (Wildman–Crippen LogP) is 4.66. The third-order valence-electron chi connectivity index (χ3n) is 4.46. The smallest absolute Gasteiger partial charge is 0.201 e. The summed E-state index contributed by atoms with van der Waals surface area (Å²) in [6, 6.07) is 3.63. The first-order valence-corrected chi connectivity index (χ1v) is 8.02. The molecule has 20 heavy (non-hydrogen) atoms. The van der Waals surface area contributed by atoms with Gasteiger partial charge in [-0.3, -0.25) is 0 Å². The number of rotatable bonds is 2. The lowest BCUT2D eigenvalue weighted by Crippen LogP contribution is -2.20. The largest absolute Gasteiger partial charge is 0.369 e. The molecule has 3 nitrogen and oxygen atoms in total. The van der Waals surface area contributed by atoms with E-state index in [0.717, 1.165) is 24.3 Å². The van der Waals surface area contributed by atoms with Gasteiger partial charge in [-0.25, -0.2) is 9.37 Å². The van der Waals surface area contributed by atoms with Crippen molar-refractivity contribution < 1.29 is 4.39 Å². The summed E-state index contributed by atoms with van der Waals surface area (Å²) in [6.07, 6.45) is 6.01. The number of halogens is 2. The van der Waals surface area contributed by atoms with E-state index in [1.165, 1.54) is 25.3 Å². The minimum atomic E-state index is -0.294. The number of nitrogens with zero attached hydrogens (tertiary/aromatic N) is 2. The monoisotopic (exact) mass is 339 g/mol. The number of hydrogen-bond donors (Lipinski definition) is 1. The Morgan fingerprint density at radius 2 is 2.25 bits per heavy atom. The van der Waals surface area contributed by atoms with Crippen LogP contribution in [0.2, 0.25) is 0 Å². The van der Waals surface area contributed by atoms with Crippen molar-refractivity contribution >= 4 is 32.9 Å². The number of imidazole rings is 1. The lowest BCUT2D eigenvalue weighted by atomic mass is 9.84. The summed E-state index contributed by atoms with van der Waals surface area (Å²) in [7, 11) is 0. The molecule has 0 bridgehead atoms. The Morgan fingerprint density at radius 3 is 3.00 bits per heavy atom. The standard InChI is InChI=1S/C15H19BrFN3/c1-2-9-4-3-5-10(6-9)20-14-7-11(16)12(17)8-13(14)19-15(20)18/h7-10H,2-6H2,1H3,(H2,18,19). The number of nitrogen functional groups attached to an aromatic ring is 1. The van der Waals surface area contributed by atoms with Gasteiger partial charge in [0.25, 0.3) is 0 Å². The molecule has 1 heterocycles. The summed E-state index contributed by atoms with van der Waals surface area (Å²) in [5.74, 6) is 0.964. The van der Waals surface area contributed by atoms with Crippen molar-refractivity contribution in [1.82, 2.24) is 9.55 Å². The highest BCUT2D eigenvalue weighted by atomic mass is 79.9. The molecule has 2 unspecified atom stereocenters. The SMILES string of the molecule is CCC1CCCC(n2c(N)nc3cc(F)c(Br)cc32)C1. The van der Waals surface area contributed by atoms with Gasteiger partial charge in [-0.1, -0.05) is 26.2 Å². The molecule has 0 amide bonds. The van der Waals surface area contributed by atoms with E-state index in [-0.39, 0.29) is 5.82 Å². The van der Waals surface area contributed by atoms with E-state index < -0.39 is 0 Å². The van der Waals surface area contributed by atoms with E-state index >= 15 is 0 Å². The molecule has 3 rings (SSSR count). The second kappa shape index (κ2) is 5.35. The normalized spacial score (nSPS) is 23.4. The molecule has 1 aliphatic rings. The zero-order valence-corrected chi connectivity index (χ0v) is 13.2. The molecule has 0 spiro atoms. The van der Waals surface area contributed by atoms with Crippen molar-refractivity contribution in [2.75, 3.05) is 5.73 Å². The number of anilines is 1. The van der Waals surface area contributed by atoms with Crippen LogP contribution in [-0.2, 0) is 0 Å². The molecular formula is C15H19BrFN3. The molecule has 0 radical (unpaired) electrons. The maximum absolute atomic E-state index is 13.6. The van der Waals surface area contributed by atoms with Crippen LogP contribution < -0.4 is 5.73 Å². The van der Waals surface area contributed by atoms with Gasteiger partial charge in [-0.2, -0.15) is 0 Å². The highest BCUT2D eigenvalue weighted by molar-refractivity contribution is 9.10. The molecule has 0 aliphatic heterocycles. The van der Waals surface area contributed by atoms with Crippen LogP contribution in [0.15, 0.2) is 16.6 Å². The molecule has 1 fully saturated rings. The Bertz CT molecular complexity index is 638. The molecule has 5 heteroatoms. The Hall–Kier alpha value is -1.10. The van der Waals surface area contributed by atoms with Crippen LogP contribution in [0.1, 0.15) is 45.1 Å². The summed E-state index contributed by atoms with van der Waals surface area (Å²) < 4.78 is 16.2. The minimum absolute atomic E-state index is 0.294. The van der Waals surface area contributed by atoms with E-state index in [4.69, 9.17) is 5.73 Å². The molecule has 2 atom stereocenters. The lowest BCUT2D eigenvalue weighted by molar-refractivity contribution is 0.267. The van der Waals surface area contributed by atoms with Gasteiger partial charge in [0.1, 0.15) is 5.82 Å². The zero-order chi connectivity index (χ0) is 14.3. The fraction of sp³-hybridized carbons (Fsp3) is 0.533. The number of hydrogen-bond acceptors (Lipinski definition) is 2. The minimum Gasteiger partial charge on any atom is -0.369 e. The topological polar surface area (TPSA) is 43.8 Å². The Morgan fingerprint density at radius 1 is 1.45 bits per heavy atom. The first-order chi connectivity index (χ1) is 9.60. The second-order valence-corrected chi connectivity index (χ2v) is 6.54. The summed E-state index contributed by atoms with van der Waals surface area (Å²) in [5.41, 5.74) is 7.65. The summed E-state index contributed by atoms with van der Waals surface area (Å²) in [5, 5.41) is 0. The van der Waals surface area contributed by atoms with Gasteiger partial charge < -0.3 is 10.3 Å². The van der Waals surface area contributed by atoms with Crippen LogP contribution >= 0.6 is 15.9 Å². The fourth-order valence-electron chi connectivity index (χ4n) is 3.36. The molecule has 1 aromatic carbocycles. The quantitative estimate of drug-likeness (QED) is 0.864. The van der Waals surface area contributed by atoms with Crippen molar-refractivity contribution in [3.8, 4) is 0 Å². The van der Waals surface area contributed by atoms with E-state index in [0.29, 0.717) is 22.0 Å². The summed E-state index contributed by atoms with van der Waals surface area (Å²) in [6.45, 7) is 2.24. The molecular weight excluding hydrogens is 321 g/mol. The third kappa shape index (κ3) is 2.32. The maximum Gasteiger partial charge on any atom is 0.201 e. The highest BCUT2D eigenvalue weighted by Crippen LogP contribution is 2.38. The molecule has 2 aromatic rings. The fourth-order valence-corrected chi connectivity index (χ4v) is 3.69. The lowest BCUT2D eigenvalue weighted by Gasteiger charge is -2.30. The van der Waals surface area contributed by atoms with Gasteiger partial charge in [0.15, 0.2) is 0 Å². The van der Waals surface area contributed by atoms with Gasteiger partial charge in [0.2, 0.25) is 5.95 Å². The van der Waals surface area contributed by atoms with E-state index in [1.807, 2.05) is 0 Å². The Kier molecular flexibility index (Phi) is 3.71. The number of nitrogens with two attached hydrogens (primary N) is 1. The van der Waals surface area contributed by atoms with Crippen molar-refractivity contribution in [3.05, 3.63) is 22.4 Å². The number of aromatic nitrogens is 2. The van der Waals surface area contributed by atoms with Gasteiger partial charge in [-0.05, 0) is 40.8 Å². The second-order valence-electron chi connectivity index (χ2n) is 5.69. The van der Waals surface area contributed by atoms with Crippen LogP contribution in [0.4, 0.5) is 10.3 Å². The van der Waals surface area contributed by atoms with Gasteiger partial charge in [0.05, 0.1) is 15.5 Å². The Balaban J connectivity index is 2.06. The number of fused-ring (bicyclic) bond motifs is 1. The van der Waals surface area contributed by atoms with Gasteiger partial charge in [0, 0.05) is 12.1 Å². The predicted molar refractivity (Wildman–Crippen MR) is 83.1 cm³/mol. The van der Waals surface area contributed by atoms with Gasteiger partial charge >= 0.3 is 0 Å². The average molecular weight is 340 g/mol. The molecule has 108 valence electrons. The molecule has 1 aromatic heterocycles. The van der Waals surface area contributed by atoms with Crippen LogP contribution in [-0.4, -0.2) is 9.55 Å². The zero-order valence-electron chi connectivity index (χ0n) is 11.6. The maximum atomic E-state index is 13.6. The van der Waals surface area contributed by atoms with Crippen LogP contribution in [0.3, 0.4) is 0 Å². The van der Waals surface area contributed by atoms with Crippen molar-refractivity contribution in [3.63, 3.8) is 0 Å². The molecule has 1 saturated carbocycles. The van der Waals surface area contributed by atoms with E-state index in [1.54, 1.807) is 6.07 Å². The third-order valence-corrected chi connectivity index (χ3v) is 5.06. The summed E-state index contributed by atoms with van der Waals surface area (Å²) >= 11 is 3.25. The molecule has 0 saturated heterocycles. The van der Waals surface area contributed by atoms with E-state index in [9.17, 15) is 4.39 Å². The van der Waals surface area contributed by atoms with Crippen LogP contribution in [0, 0.1) is 11.7 Å². The first-order valence-electron chi connectivity index (χ1n) is 7.22. The highest BCUT2D eigenvalue weighted by Gasteiger charge is 2.25. The van der Waals surface area contributed by atoms with Crippen molar-refractivity contribution in [1.29, 1.82) is 0 Å². The number of benzene rings is 1. The van der Waals surface area contributed by atoms with Crippen LogP contribution in [0.25, 0.3) is 11.0 Å². The Labute approximate surface area is 126 Å². The van der Waals surface area contributed by atoms with Gasteiger partial charge in [-0.15, -0.1) is 0 Å². The van der Waals surface area contributed by atoms with Crippen molar-refractivity contribution in [2.45, 2.75) is 45.1 Å². The molecule has 2 N–H and O–H groups in total. The van der Waals surface area contributed by atoms with Crippen LogP contribution in [0.5, 0.6) is 0 Å². The average Bonchev–Trinajstić information content (AvgIpc) is 2.74.